The number of hydrogen-bond acceptors (Lipinski definition) is 4. The second-order valence-corrected chi connectivity index (χ2v) is 8.73. The van der Waals surface area contributed by atoms with Crippen LogP contribution in [0.5, 0.6) is 0 Å². The predicted octanol–water partition coefficient (Wildman–Crippen LogP) is 6.16. The minimum Gasteiger partial charge on any atom is -0.393 e. The maximum absolute atomic E-state index is 8.56. The van der Waals surface area contributed by atoms with Crippen molar-refractivity contribution in [2.24, 2.45) is 0 Å². The molecule has 4 aromatic carbocycles. The van der Waals surface area contributed by atoms with Gasteiger partial charge in [0.15, 0.2) is 0 Å². The molecule has 0 spiro atoms. The SMILES string of the molecule is CC(O)CC(C)O.Cc1[c-]c2c(cc1)c1ccc(C)cc1c1nc(-c3ccccc3)cnc21.[Ir]. The molecule has 34 heavy (non-hydrogen) atoms. The molecule has 0 fully saturated rings. The summed E-state index contributed by atoms with van der Waals surface area (Å²) < 4.78 is 0. The fourth-order valence-corrected chi connectivity index (χ4v) is 4.10. The van der Waals surface area contributed by atoms with Gasteiger partial charge in [-0.2, -0.15) is 0 Å². The van der Waals surface area contributed by atoms with E-state index in [4.69, 9.17) is 20.2 Å². The molecular weight excluding hydrogens is 601 g/mol. The van der Waals surface area contributed by atoms with Crippen LogP contribution in [0.15, 0.2) is 66.9 Å². The van der Waals surface area contributed by atoms with Gasteiger partial charge >= 0.3 is 0 Å². The second-order valence-electron chi connectivity index (χ2n) is 8.73. The zero-order chi connectivity index (χ0) is 23.5. The zero-order valence-electron chi connectivity index (χ0n) is 19.8. The first-order chi connectivity index (χ1) is 15.8. The average Bonchev–Trinajstić information content (AvgIpc) is 2.79. The molecule has 0 saturated heterocycles. The molecular formula is C29H29IrN2O2-. The molecule has 0 saturated carbocycles. The number of nitrogens with zero attached hydrogens (tertiary/aromatic N) is 2. The summed E-state index contributed by atoms with van der Waals surface area (Å²) in [5.74, 6) is 0. The Morgan fingerprint density at radius 3 is 2.15 bits per heavy atom. The number of aliphatic hydroxyl groups is 2. The molecule has 0 aliphatic rings. The summed E-state index contributed by atoms with van der Waals surface area (Å²) in [5, 5.41) is 21.7. The largest absolute Gasteiger partial charge is 0.393 e. The first-order valence-electron chi connectivity index (χ1n) is 11.3. The van der Waals surface area contributed by atoms with Gasteiger partial charge < -0.3 is 15.2 Å². The van der Waals surface area contributed by atoms with E-state index in [0.29, 0.717) is 6.42 Å². The third kappa shape index (κ3) is 5.68. The van der Waals surface area contributed by atoms with Gasteiger partial charge in [-0.05, 0) is 32.6 Å². The molecule has 2 atom stereocenters. The van der Waals surface area contributed by atoms with Crippen molar-refractivity contribution >= 4 is 32.6 Å². The van der Waals surface area contributed by atoms with E-state index < -0.39 is 0 Å². The maximum atomic E-state index is 8.56. The average molecular weight is 630 g/mol. The van der Waals surface area contributed by atoms with Gasteiger partial charge in [0.1, 0.15) is 0 Å². The fraction of sp³-hybridized carbons (Fsp3) is 0.241. The van der Waals surface area contributed by atoms with Gasteiger partial charge in [-0.3, -0.25) is 4.98 Å². The molecule has 0 aliphatic carbocycles. The fourth-order valence-electron chi connectivity index (χ4n) is 4.10. The number of aliphatic hydroxyl groups excluding tert-OH is 2. The minimum atomic E-state index is -0.375. The van der Waals surface area contributed by atoms with Crippen molar-refractivity contribution < 1.29 is 30.3 Å². The van der Waals surface area contributed by atoms with E-state index in [1.54, 1.807) is 13.8 Å². The molecule has 4 nitrogen and oxygen atoms in total. The van der Waals surface area contributed by atoms with Gasteiger partial charge in [-0.15, -0.1) is 29.1 Å². The Balaban J connectivity index is 0.000000357. The second kappa shape index (κ2) is 11.2. The van der Waals surface area contributed by atoms with Crippen LogP contribution in [0, 0.1) is 19.9 Å². The Morgan fingerprint density at radius 1 is 0.824 bits per heavy atom. The zero-order valence-corrected chi connectivity index (χ0v) is 22.2. The van der Waals surface area contributed by atoms with Crippen LogP contribution in [0.3, 0.4) is 0 Å². The molecule has 2 N–H and O–H groups in total. The summed E-state index contributed by atoms with van der Waals surface area (Å²) in [7, 11) is 0. The molecule has 5 aromatic rings. The Kier molecular flexibility index (Phi) is 8.51. The van der Waals surface area contributed by atoms with E-state index in [0.717, 1.165) is 38.6 Å². The summed E-state index contributed by atoms with van der Waals surface area (Å²) in [6.45, 7) is 7.50. The predicted molar refractivity (Wildman–Crippen MR) is 136 cm³/mol. The van der Waals surface area contributed by atoms with E-state index in [1.807, 2.05) is 24.4 Å². The van der Waals surface area contributed by atoms with E-state index in [-0.39, 0.29) is 32.3 Å². The van der Waals surface area contributed by atoms with E-state index in [9.17, 15) is 0 Å². The maximum Gasteiger partial charge on any atom is 0.0873 e. The van der Waals surface area contributed by atoms with Crippen molar-refractivity contribution in [1.82, 2.24) is 9.97 Å². The Bertz CT molecular complexity index is 1410. The number of aryl methyl sites for hydroxylation is 2. The number of rotatable bonds is 3. The standard InChI is InChI=1S/C24H17N2.C5H12O2.Ir/c1-15-8-10-18-19-11-9-16(2)13-21(19)24-23(20(18)12-15)25-14-22(26-24)17-6-4-3-5-7-17;1-4(6)3-5(2)7;/h3-11,13-14H,1-2H3;4-7H,3H2,1-2H3;/q-1;;. The van der Waals surface area contributed by atoms with Gasteiger partial charge in [0.2, 0.25) is 0 Å². The van der Waals surface area contributed by atoms with Gasteiger partial charge in [-0.25, -0.2) is 0 Å². The normalized spacial score (nSPS) is 12.6. The van der Waals surface area contributed by atoms with E-state index in [1.165, 1.54) is 16.3 Å². The molecule has 1 heterocycles. The first-order valence-corrected chi connectivity index (χ1v) is 11.3. The van der Waals surface area contributed by atoms with Crippen molar-refractivity contribution in [3.8, 4) is 11.3 Å². The Labute approximate surface area is 214 Å². The van der Waals surface area contributed by atoms with Crippen LogP contribution in [0.4, 0.5) is 0 Å². The summed E-state index contributed by atoms with van der Waals surface area (Å²) in [5.41, 5.74) is 6.17. The van der Waals surface area contributed by atoms with Crippen LogP contribution in [0.2, 0.25) is 0 Å². The van der Waals surface area contributed by atoms with Crippen LogP contribution in [-0.4, -0.2) is 32.4 Å². The Hall–Kier alpha value is -2.69. The monoisotopic (exact) mass is 630 g/mol. The summed E-state index contributed by atoms with van der Waals surface area (Å²) in [6.07, 6.45) is 1.59. The number of hydrogen-bond donors (Lipinski definition) is 2. The van der Waals surface area contributed by atoms with E-state index in [2.05, 4.69) is 62.4 Å². The number of aromatic nitrogens is 2. The van der Waals surface area contributed by atoms with Crippen molar-refractivity contribution in [2.45, 2.75) is 46.3 Å². The Morgan fingerprint density at radius 2 is 1.50 bits per heavy atom. The summed E-state index contributed by atoms with van der Waals surface area (Å²) in [4.78, 5) is 9.82. The van der Waals surface area contributed by atoms with Crippen molar-refractivity contribution in [3.63, 3.8) is 0 Å². The molecule has 1 radical (unpaired) electrons. The van der Waals surface area contributed by atoms with E-state index >= 15 is 0 Å². The van der Waals surface area contributed by atoms with Crippen molar-refractivity contribution in [2.75, 3.05) is 0 Å². The van der Waals surface area contributed by atoms with Crippen LogP contribution in [0.25, 0.3) is 43.8 Å². The van der Waals surface area contributed by atoms with Gasteiger partial charge in [0.25, 0.3) is 0 Å². The number of benzene rings is 4. The topological polar surface area (TPSA) is 66.2 Å². The van der Waals surface area contributed by atoms with Crippen molar-refractivity contribution in [1.29, 1.82) is 0 Å². The van der Waals surface area contributed by atoms with Crippen LogP contribution in [0.1, 0.15) is 31.4 Å². The smallest absolute Gasteiger partial charge is 0.0873 e. The van der Waals surface area contributed by atoms with Crippen LogP contribution in [-0.2, 0) is 20.1 Å². The van der Waals surface area contributed by atoms with Crippen LogP contribution < -0.4 is 0 Å². The molecule has 177 valence electrons. The third-order valence-corrected chi connectivity index (χ3v) is 5.57. The molecule has 5 heteroatoms. The molecule has 0 bridgehead atoms. The van der Waals surface area contributed by atoms with Crippen molar-refractivity contribution in [3.05, 3.63) is 84.1 Å². The quantitative estimate of drug-likeness (QED) is 0.186. The molecule has 5 rings (SSSR count). The number of fused-ring (bicyclic) bond motifs is 6. The summed E-state index contributed by atoms with van der Waals surface area (Å²) >= 11 is 0. The van der Waals surface area contributed by atoms with Gasteiger partial charge in [0.05, 0.1) is 23.4 Å². The third-order valence-electron chi connectivity index (χ3n) is 5.57. The van der Waals surface area contributed by atoms with Gasteiger partial charge in [-0.1, -0.05) is 71.8 Å². The van der Waals surface area contributed by atoms with Gasteiger partial charge in [0, 0.05) is 37.4 Å². The molecule has 1 aromatic heterocycles. The minimum absolute atomic E-state index is 0. The molecule has 0 amide bonds. The molecule has 2 unspecified atom stereocenters. The molecule has 0 aliphatic heterocycles. The van der Waals surface area contributed by atoms with Crippen LogP contribution >= 0.6 is 0 Å². The first kappa shape index (κ1) is 25.9. The summed E-state index contributed by atoms with van der Waals surface area (Å²) in [6, 6.07) is 24.5.